The lowest BCUT2D eigenvalue weighted by molar-refractivity contribution is -0.230. The smallest absolute Gasteiger partial charge is 0.306 e. The highest BCUT2D eigenvalue weighted by molar-refractivity contribution is 9.09. The second kappa shape index (κ2) is 9.09. The summed E-state index contributed by atoms with van der Waals surface area (Å²) >= 11 is 3.38. The van der Waals surface area contributed by atoms with Crippen molar-refractivity contribution in [1.82, 2.24) is 0 Å². The van der Waals surface area contributed by atoms with Crippen molar-refractivity contribution >= 4 is 33.5 Å². The second-order valence-corrected chi connectivity index (χ2v) is 12.5. The van der Waals surface area contributed by atoms with Gasteiger partial charge in [0, 0.05) is 29.1 Å². The van der Waals surface area contributed by atoms with E-state index in [1.54, 1.807) is 13.8 Å². The number of esters is 1. The molecule has 36 heavy (non-hydrogen) atoms. The number of halogens is 3. The Morgan fingerprint density at radius 2 is 1.97 bits per heavy atom. The molecule has 0 radical (unpaired) electrons. The maximum absolute atomic E-state index is 17.5. The van der Waals surface area contributed by atoms with Gasteiger partial charge in [-0.05, 0) is 49.8 Å². The number of ketones is 2. The average molecular weight is 573 g/mol. The zero-order valence-corrected chi connectivity index (χ0v) is 22.7. The topological polar surface area (TPSA) is 101 Å². The minimum Gasteiger partial charge on any atom is -0.450 e. The van der Waals surface area contributed by atoms with Crippen molar-refractivity contribution < 1.29 is 38.1 Å². The van der Waals surface area contributed by atoms with Gasteiger partial charge in [0.1, 0.15) is 12.8 Å². The van der Waals surface area contributed by atoms with Crippen molar-refractivity contribution in [3.05, 3.63) is 23.8 Å². The molecule has 0 aromatic carbocycles. The Hall–Kier alpha value is -1.45. The van der Waals surface area contributed by atoms with Crippen molar-refractivity contribution in [2.45, 2.75) is 88.2 Å². The first-order valence-corrected chi connectivity index (χ1v) is 13.6. The minimum atomic E-state index is -2.36. The lowest BCUT2D eigenvalue weighted by Crippen LogP contribution is -2.73. The number of aliphatic hydroxyl groups is 2. The van der Waals surface area contributed by atoms with Crippen LogP contribution in [-0.2, 0) is 19.1 Å². The van der Waals surface area contributed by atoms with E-state index < -0.39 is 81.1 Å². The number of carbonyl (C=O) groups is 3. The minimum absolute atomic E-state index is 0.0204. The molecule has 3 fully saturated rings. The van der Waals surface area contributed by atoms with Crippen LogP contribution in [0.5, 0.6) is 0 Å². The summed E-state index contributed by atoms with van der Waals surface area (Å²) in [7, 11) is 0. The molecule has 3 saturated carbocycles. The van der Waals surface area contributed by atoms with Gasteiger partial charge in [0.05, 0.1) is 10.9 Å². The fourth-order valence-corrected chi connectivity index (χ4v) is 9.04. The van der Waals surface area contributed by atoms with Crippen LogP contribution >= 0.6 is 15.9 Å². The van der Waals surface area contributed by atoms with E-state index in [1.165, 1.54) is 19.1 Å². The van der Waals surface area contributed by atoms with E-state index in [1.807, 2.05) is 6.92 Å². The third-order valence-electron chi connectivity index (χ3n) is 9.75. The van der Waals surface area contributed by atoms with E-state index >= 15 is 8.78 Å². The number of fused-ring (bicyclic) bond motifs is 5. The molecule has 0 spiro atoms. The fourth-order valence-electron chi connectivity index (χ4n) is 8.00. The molecule has 6 nitrogen and oxygen atoms in total. The van der Waals surface area contributed by atoms with E-state index in [4.69, 9.17) is 4.74 Å². The number of unbranched alkanes of at least 4 members (excludes halogenated alkanes) is 1. The highest BCUT2D eigenvalue weighted by Gasteiger charge is 2.79. The average Bonchev–Trinajstić information content (AvgIpc) is 3.04. The first-order valence-electron chi connectivity index (χ1n) is 12.7. The van der Waals surface area contributed by atoms with Gasteiger partial charge in [-0.15, -0.1) is 0 Å². The predicted octanol–water partition coefficient (Wildman–Crippen LogP) is 3.96. The SMILES string of the molecule is CCCCC(=O)O[C@@]1(C(=O)CO)[C@H](C)C[C@H]2[C@@H]3[C@H](Br)[C@@H](F)C4=CC(=O)C=C[C@]4(C)[C@@]3(F)[C@@H](O)C[C@@]21C. The molecule has 0 bridgehead atoms. The number of rotatable bonds is 6. The fraction of sp³-hybridized carbons (Fsp3) is 0.741. The maximum atomic E-state index is 17.5. The third-order valence-corrected chi connectivity index (χ3v) is 10.8. The zero-order chi connectivity index (χ0) is 26.8. The summed E-state index contributed by atoms with van der Waals surface area (Å²) in [5, 5.41) is 21.5. The monoisotopic (exact) mass is 572 g/mol. The van der Waals surface area contributed by atoms with Crippen molar-refractivity contribution in [2.75, 3.05) is 6.61 Å². The van der Waals surface area contributed by atoms with E-state index in [0.717, 1.165) is 12.5 Å². The molecule has 0 unspecified atom stereocenters. The molecule has 0 aliphatic heterocycles. The Kier molecular flexibility index (Phi) is 6.96. The van der Waals surface area contributed by atoms with Crippen LogP contribution < -0.4 is 0 Å². The summed E-state index contributed by atoms with van der Waals surface area (Å²) in [6, 6.07) is 0. The van der Waals surface area contributed by atoms with Gasteiger partial charge >= 0.3 is 5.97 Å². The van der Waals surface area contributed by atoms with Crippen LogP contribution in [-0.4, -0.2) is 62.7 Å². The van der Waals surface area contributed by atoms with E-state index in [2.05, 4.69) is 15.9 Å². The zero-order valence-electron chi connectivity index (χ0n) is 21.1. The molecule has 0 aromatic heterocycles. The van der Waals surface area contributed by atoms with Gasteiger partial charge in [0.2, 0.25) is 5.78 Å². The largest absolute Gasteiger partial charge is 0.450 e. The van der Waals surface area contributed by atoms with E-state index in [0.29, 0.717) is 6.42 Å². The number of hydrogen-bond donors (Lipinski definition) is 2. The Labute approximate surface area is 218 Å². The normalized spacial score (nSPS) is 47.5. The summed E-state index contributed by atoms with van der Waals surface area (Å²) in [6.45, 7) is 5.95. The molecule has 9 heteroatoms. The molecule has 4 aliphatic rings. The highest BCUT2D eigenvalue weighted by Crippen LogP contribution is 2.72. The van der Waals surface area contributed by atoms with Gasteiger partial charge < -0.3 is 14.9 Å². The summed E-state index contributed by atoms with van der Waals surface area (Å²) in [6.07, 6.45) is 1.69. The number of aliphatic hydroxyl groups excluding tert-OH is 2. The molecule has 10 atom stereocenters. The molecule has 4 aliphatic carbocycles. The molecule has 0 heterocycles. The first-order chi connectivity index (χ1) is 16.8. The predicted molar refractivity (Wildman–Crippen MR) is 132 cm³/mol. The second-order valence-electron chi connectivity index (χ2n) is 11.5. The third kappa shape index (κ3) is 3.34. The van der Waals surface area contributed by atoms with Crippen molar-refractivity contribution in [3.63, 3.8) is 0 Å². The Balaban J connectivity index is 1.87. The molecule has 2 N–H and O–H groups in total. The van der Waals surface area contributed by atoms with Crippen LogP contribution in [0.15, 0.2) is 23.8 Å². The van der Waals surface area contributed by atoms with Gasteiger partial charge in [-0.3, -0.25) is 14.4 Å². The molecule has 4 rings (SSSR count). The molecular weight excluding hydrogens is 538 g/mol. The highest BCUT2D eigenvalue weighted by atomic mass is 79.9. The molecule has 0 saturated heterocycles. The lowest BCUT2D eigenvalue weighted by atomic mass is 9.44. The van der Waals surface area contributed by atoms with Crippen LogP contribution in [0.4, 0.5) is 8.78 Å². The molecular formula is C27H35BrF2O6. The molecule has 0 aromatic rings. The Bertz CT molecular complexity index is 1030. The van der Waals surface area contributed by atoms with Gasteiger partial charge in [-0.2, -0.15) is 0 Å². The Morgan fingerprint density at radius 3 is 2.58 bits per heavy atom. The number of ether oxygens (including phenoxy) is 1. The summed E-state index contributed by atoms with van der Waals surface area (Å²) in [4.78, 5) is 37.2. The van der Waals surface area contributed by atoms with Crippen LogP contribution in [0.2, 0.25) is 0 Å². The summed E-state index contributed by atoms with van der Waals surface area (Å²) in [5.41, 5.74) is -7.00. The van der Waals surface area contributed by atoms with Crippen LogP contribution in [0, 0.1) is 28.6 Å². The summed E-state index contributed by atoms with van der Waals surface area (Å²) < 4.78 is 39.3. The lowest BCUT2D eigenvalue weighted by Gasteiger charge is -2.64. The van der Waals surface area contributed by atoms with Crippen LogP contribution in [0.3, 0.4) is 0 Å². The number of Topliss-reactive ketones (excluding diaryl/α,β-unsaturated/α-hetero) is 1. The van der Waals surface area contributed by atoms with E-state index in [-0.39, 0.29) is 24.8 Å². The van der Waals surface area contributed by atoms with Crippen molar-refractivity contribution in [3.8, 4) is 0 Å². The van der Waals surface area contributed by atoms with Crippen LogP contribution in [0.25, 0.3) is 0 Å². The van der Waals surface area contributed by atoms with Gasteiger partial charge in [-0.25, -0.2) is 8.78 Å². The van der Waals surface area contributed by atoms with Gasteiger partial charge in [-0.1, -0.05) is 49.2 Å². The Morgan fingerprint density at radius 1 is 1.31 bits per heavy atom. The molecule has 0 amide bonds. The number of hydrogen-bond acceptors (Lipinski definition) is 6. The van der Waals surface area contributed by atoms with Gasteiger partial charge in [0.25, 0.3) is 0 Å². The number of allylic oxidation sites excluding steroid dienone is 4. The quantitative estimate of drug-likeness (QED) is 0.369. The standard InChI is InChI=1S/C27H35BrF2O6/c1-5-6-7-20(35)36-27(19(34)13-31)14(2)10-16-21-22(28)23(29)17-11-15(32)8-9-24(17,3)26(21,30)18(33)12-25(16,27)4/h8-9,11,14,16,18,21-23,31,33H,5-7,10,12-13H2,1-4H3/t14-,16+,18+,21-,22+,23+,24+,25+,26-,27-/m1/s1. The van der Waals surface area contributed by atoms with Crippen molar-refractivity contribution in [1.29, 1.82) is 0 Å². The summed E-state index contributed by atoms with van der Waals surface area (Å²) in [5.74, 6) is -4.10. The maximum Gasteiger partial charge on any atom is 0.306 e. The van der Waals surface area contributed by atoms with E-state index in [9.17, 15) is 24.6 Å². The van der Waals surface area contributed by atoms with Crippen LogP contribution in [0.1, 0.15) is 59.8 Å². The number of carbonyl (C=O) groups excluding carboxylic acids is 3. The van der Waals surface area contributed by atoms with Crippen molar-refractivity contribution in [2.24, 2.45) is 28.6 Å². The van der Waals surface area contributed by atoms with Gasteiger partial charge in [0.15, 0.2) is 17.1 Å². The molecule has 200 valence electrons. The number of alkyl halides is 3. The first kappa shape index (κ1) is 27.6.